The summed E-state index contributed by atoms with van der Waals surface area (Å²) in [5, 5.41) is 4.94. The highest BCUT2D eigenvalue weighted by atomic mass is 16.5. The van der Waals surface area contributed by atoms with Crippen LogP contribution in [0.4, 0.5) is 0 Å². The Morgan fingerprint density at radius 3 is 1.32 bits per heavy atom. The molecule has 4 aromatic rings. The summed E-state index contributed by atoms with van der Waals surface area (Å²) in [4.78, 5) is 0. The van der Waals surface area contributed by atoms with Gasteiger partial charge in [-0.1, -0.05) is 50.2 Å². The van der Waals surface area contributed by atoms with Crippen LogP contribution in [0.2, 0.25) is 0 Å². The number of rotatable bonds is 5. The normalized spacial score (nSPS) is 11.1. The van der Waals surface area contributed by atoms with Gasteiger partial charge in [0, 0.05) is 0 Å². The molecule has 142 valence electrons. The number of hydrogen-bond donors (Lipinski definition) is 0. The third kappa shape index (κ3) is 2.99. The zero-order valence-electron chi connectivity index (χ0n) is 17.0. The Morgan fingerprint density at radius 2 is 0.964 bits per heavy atom. The van der Waals surface area contributed by atoms with Crippen LogP contribution < -0.4 is 9.47 Å². The Morgan fingerprint density at radius 1 is 0.571 bits per heavy atom. The van der Waals surface area contributed by atoms with Gasteiger partial charge in [0.05, 0.1) is 14.2 Å². The number of hydrogen-bond acceptors (Lipinski definition) is 2. The average Bonchev–Trinajstić information content (AvgIpc) is 2.76. The number of ether oxygens (including phenoxy) is 2. The summed E-state index contributed by atoms with van der Waals surface area (Å²) in [5.41, 5.74) is 5.33. The molecule has 4 aromatic carbocycles. The topological polar surface area (TPSA) is 18.5 Å². The van der Waals surface area contributed by atoms with E-state index in [1.54, 1.807) is 14.2 Å². The van der Waals surface area contributed by atoms with E-state index in [2.05, 4.69) is 62.4 Å². The molecule has 0 aliphatic carbocycles. The smallest absolute Gasteiger partial charge is 0.119 e. The molecule has 0 aliphatic heterocycles. The fourth-order valence-corrected chi connectivity index (χ4v) is 4.12. The molecule has 28 heavy (non-hydrogen) atoms. The van der Waals surface area contributed by atoms with Crippen molar-refractivity contribution in [1.82, 2.24) is 0 Å². The van der Waals surface area contributed by atoms with E-state index in [1.807, 2.05) is 12.1 Å². The first kappa shape index (κ1) is 18.4. The van der Waals surface area contributed by atoms with Gasteiger partial charge in [-0.15, -0.1) is 0 Å². The second-order valence-corrected chi connectivity index (χ2v) is 7.08. The predicted molar refractivity (Wildman–Crippen MR) is 119 cm³/mol. The van der Waals surface area contributed by atoms with E-state index in [1.165, 1.54) is 43.8 Å². The van der Waals surface area contributed by atoms with Crippen LogP contribution in [0.1, 0.15) is 25.0 Å². The maximum absolute atomic E-state index is 5.55. The summed E-state index contributed by atoms with van der Waals surface area (Å²) in [5.74, 6) is 1.77. The summed E-state index contributed by atoms with van der Waals surface area (Å²) in [6.45, 7) is 4.45. The molecule has 0 heterocycles. The number of benzene rings is 4. The van der Waals surface area contributed by atoms with Crippen LogP contribution in [0.15, 0.2) is 60.7 Å². The maximum Gasteiger partial charge on any atom is 0.119 e. The Labute approximate surface area is 166 Å². The second-order valence-electron chi connectivity index (χ2n) is 7.08. The lowest BCUT2D eigenvalue weighted by molar-refractivity contribution is 0.415. The van der Waals surface area contributed by atoms with E-state index >= 15 is 0 Å². The van der Waals surface area contributed by atoms with E-state index in [4.69, 9.17) is 9.47 Å². The van der Waals surface area contributed by atoms with Crippen molar-refractivity contribution in [3.05, 3.63) is 71.8 Å². The molecule has 4 rings (SSSR count). The van der Waals surface area contributed by atoms with Gasteiger partial charge in [-0.2, -0.15) is 0 Å². The van der Waals surface area contributed by atoms with Crippen molar-refractivity contribution >= 4 is 21.5 Å². The van der Waals surface area contributed by atoms with Crippen LogP contribution >= 0.6 is 0 Å². The van der Waals surface area contributed by atoms with Crippen molar-refractivity contribution in [2.45, 2.75) is 26.7 Å². The minimum absolute atomic E-state index is 0.887. The fraction of sp³-hybridized carbons (Fsp3) is 0.231. The van der Waals surface area contributed by atoms with Gasteiger partial charge in [-0.3, -0.25) is 0 Å². The van der Waals surface area contributed by atoms with Crippen molar-refractivity contribution in [2.24, 2.45) is 0 Å². The van der Waals surface area contributed by atoms with Crippen molar-refractivity contribution in [2.75, 3.05) is 14.2 Å². The van der Waals surface area contributed by atoms with Crippen molar-refractivity contribution < 1.29 is 9.47 Å². The summed E-state index contributed by atoms with van der Waals surface area (Å²) < 4.78 is 11.1. The monoisotopic (exact) mass is 370 g/mol. The Hall–Kier alpha value is -3.00. The second kappa shape index (κ2) is 7.55. The van der Waals surface area contributed by atoms with Crippen LogP contribution in [0.5, 0.6) is 11.5 Å². The number of aryl methyl sites for hydroxylation is 2. The highest BCUT2D eigenvalue weighted by Gasteiger charge is 2.16. The summed E-state index contributed by atoms with van der Waals surface area (Å²) in [6.07, 6.45) is 1.96. The standard InChI is InChI=1S/C26H26O2/c1-5-17-7-9-19-11-13-21(27-3)15-23(19)25(17)26-18(6-2)8-10-20-12-14-22(28-4)16-24(20)26/h7-16H,5-6H2,1-4H3. The molecule has 2 heteroatoms. The highest BCUT2D eigenvalue weighted by molar-refractivity contribution is 6.08. The van der Waals surface area contributed by atoms with Gasteiger partial charge in [0.1, 0.15) is 11.5 Å². The zero-order valence-corrected chi connectivity index (χ0v) is 17.0. The minimum Gasteiger partial charge on any atom is -0.497 e. The van der Waals surface area contributed by atoms with Gasteiger partial charge in [0.15, 0.2) is 0 Å². The lowest BCUT2D eigenvalue weighted by Crippen LogP contribution is -1.97. The quantitative estimate of drug-likeness (QED) is 0.384. The lowest BCUT2D eigenvalue weighted by Gasteiger charge is -2.19. The SMILES string of the molecule is CCc1ccc2ccc(OC)cc2c1-c1c(CC)ccc2ccc(OC)cc12. The molecule has 0 radical (unpaired) electrons. The average molecular weight is 370 g/mol. The summed E-state index contributed by atoms with van der Waals surface area (Å²) in [7, 11) is 3.45. The van der Waals surface area contributed by atoms with Gasteiger partial charge in [0.25, 0.3) is 0 Å². The first-order valence-corrected chi connectivity index (χ1v) is 9.89. The molecule has 0 aliphatic rings. The third-order valence-electron chi connectivity index (χ3n) is 5.64. The van der Waals surface area contributed by atoms with Gasteiger partial charge in [-0.25, -0.2) is 0 Å². The van der Waals surface area contributed by atoms with E-state index < -0.39 is 0 Å². The number of fused-ring (bicyclic) bond motifs is 2. The molecule has 0 unspecified atom stereocenters. The lowest BCUT2D eigenvalue weighted by atomic mass is 9.85. The third-order valence-corrected chi connectivity index (χ3v) is 5.64. The Kier molecular flexibility index (Phi) is 4.95. The molecular formula is C26H26O2. The van der Waals surface area contributed by atoms with Crippen LogP contribution in [-0.4, -0.2) is 14.2 Å². The van der Waals surface area contributed by atoms with Gasteiger partial charge < -0.3 is 9.47 Å². The van der Waals surface area contributed by atoms with Crippen LogP contribution in [-0.2, 0) is 12.8 Å². The first-order chi connectivity index (χ1) is 13.7. The molecule has 0 atom stereocenters. The van der Waals surface area contributed by atoms with Crippen LogP contribution in [0.25, 0.3) is 32.7 Å². The zero-order chi connectivity index (χ0) is 19.7. The molecule has 0 spiro atoms. The molecule has 0 N–H and O–H groups in total. The van der Waals surface area contributed by atoms with E-state index in [0.29, 0.717) is 0 Å². The largest absolute Gasteiger partial charge is 0.497 e. The van der Waals surface area contributed by atoms with Gasteiger partial charge in [0.2, 0.25) is 0 Å². The summed E-state index contributed by atoms with van der Waals surface area (Å²) >= 11 is 0. The Balaban J connectivity index is 2.19. The highest BCUT2D eigenvalue weighted by Crippen LogP contribution is 2.41. The van der Waals surface area contributed by atoms with Crippen molar-refractivity contribution in [3.8, 4) is 22.6 Å². The maximum atomic E-state index is 5.55. The van der Waals surface area contributed by atoms with Gasteiger partial charge in [-0.05, 0) is 80.9 Å². The molecule has 0 bridgehead atoms. The first-order valence-electron chi connectivity index (χ1n) is 9.89. The predicted octanol–water partition coefficient (Wildman–Crippen LogP) is 6.80. The van der Waals surface area contributed by atoms with E-state index in [0.717, 1.165) is 24.3 Å². The molecule has 2 nitrogen and oxygen atoms in total. The minimum atomic E-state index is 0.887. The molecule has 0 aromatic heterocycles. The van der Waals surface area contributed by atoms with Crippen molar-refractivity contribution in [3.63, 3.8) is 0 Å². The molecular weight excluding hydrogens is 344 g/mol. The van der Waals surface area contributed by atoms with E-state index in [-0.39, 0.29) is 0 Å². The Bertz CT molecular complexity index is 1050. The molecule has 0 amide bonds. The molecule has 0 saturated heterocycles. The fourth-order valence-electron chi connectivity index (χ4n) is 4.12. The van der Waals surface area contributed by atoms with Crippen molar-refractivity contribution in [1.29, 1.82) is 0 Å². The summed E-state index contributed by atoms with van der Waals surface area (Å²) in [6, 6.07) is 21.7. The molecule has 0 fully saturated rings. The van der Waals surface area contributed by atoms with Crippen LogP contribution in [0, 0.1) is 0 Å². The molecule has 0 saturated carbocycles. The van der Waals surface area contributed by atoms with E-state index in [9.17, 15) is 0 Å². The number of methoxy groups -OCH3 is 2. The van der Waals surface area contributed by atoms with Gasteiger partial charge >= 0.3 is 0 Å². The van der Waals surface area contributed by atoms with Crippen LogP contribution in [0.3, 0.4) is 0 Å².